The van der Waals surface area contributed by atoms with Crippen molar-refractivity contribution in [3.8, 4) is 0 Å². The number of aliphatic hydroxyl groups excluding tert-OH is 3. The van der Waals surface area contributed by atoms with Crippen LogP contribution in [0.25, 0.3) is 0 Å². The maximum absolute atomic E-state index is 10.6. The van der Waals surface area contributed by atoms with Crippen LogP contribution < -0.4 is 0 Å². The molecule has 0 spiro atoms. The maximum Gasteiger partial charge on any atom is 0.335 e. The van der Waals surface area contributed by atoms with Crippen LogP contribution in [0.3, 0.4) is 0 Å². The van der Waals surface area contributed by atoms with Gasteiger partial charge in [-0.05, 0) is 6.42 Å². The highest BCUT2D eigenvalue weighted by Crippen LogP contribution is 2.23. The summed E-state index contributed by atoms with van der Waals surface area (Å²) in [7, 11) is 0. The SMILES string of the molecule is CCC1OC(C(=O)O)C(O)C(O)C1O. The molecule has 1 fully saturated rings. The highest BCUT2D eigenvalue weighted by atomic mass is 16.6. The summed E-state index contributed by atoms with van der Waals surface area (Å²) >= 11 is 0. The van der Waals surface area contributed by atoms with Gasteiger partial charge in [-0.3, -0.25) is 0 Å². The number of carbonyl (C=O) groups is 1. The van der Waals surface area contributed by atoms with Crippen LogP contribution in [0.2, 0.25) is 0 Å². The molecule has 0 aromatic rings. The molecule has 4 N–H and O–H groups in total. The van der Waals surface area contributed by atoms with Crippen LogP contribution in [0.4, 0.5) is 0 Å². The Morgan fingerprint density at radius 2 is 1.79 bits per heavy atom. The van der Waals surface area contributed by atoms with Gasteiger partial charge in [0.15, 0.2) is 6.10 Å². The zero-order valence-corrected chi connectivity index (χ0v) is 7.70. The van der Waals surface area contributed by atoms with E-state index < -0.39 is 36.5 Å². The molecule has 0 amide bonds. The highest BCUT2D eigenvalue weighted by Gasteiger charge is 2.45. The highest BCUT2D eigenvalue weighted by molar-refractivity contribution is 5.73. The first-order valence-corrected chi connectivity index (χ1v) is 4.41. The third-order valence-corrected chi connectivity index (χ3v) is 2.36. The predicted octanol–water partition coefficient (Wildman–Crippen LogP) is -1.67. The molecule has 0 bridgehead atoms. The Labute approximate surface area is 80.7 Å². The van der Waals surface area contributed by atoms with E-state index in [0.29, 0.717) is 6.42 Å². The predicted molar refractivity (Wildman–Crippen MR) is 44.6 cm³/mol. The molecular formula is C8H14O6. The number of ether oxygens (including phenoxy) is 1. The summed E-state index contributed by atoms with van der Waals surface area (Å²) in [5.41, 5.74) is 0. The van der Waals surface area contributed by atoms with Crippen molar-refractivity contribution in [3.63, 3.8) is 0 Å². The molecule has 1 saturated heterocycles. The fourth-order valence-corrected chi connectivity index (χ4v) is 1.49. The fraction of sp³-hybridized carbons (Fsp3) is 0.875. The molecule has 0 saturated carbocycles. The minimum Gasteiger partial charge on any atom is -0.479 e. The van der Waals surface area contributed by atoms with E-state index in [1.807, 2.05) is 0 Å². The topological polar surface area (TPSA) is 107 Å². The summed E-state index contributed by atoms with van der Waals surface area (Å²) in [6, 6.07) is 0. The zero-order valence-electron chi connectivity index (χ0n) is 7.70. The molecule has 5 unspecified atom stereocenters. The summed E-state index contributed by atoms with van der Waals surface area (Å²) in [6.07, 6.45) is -6.17. The molecule has 1 aliphatic heterocycles. The van der Waals surface area contributed by atoms with E-state index in [1.165, 1.54) is 0 Å². The van der Waals surface area contributed by atoms with E-state index in [4.69, 9.17) is 9.84 Å². The summed E-state index contributed by atoms with van der Waals surface area (Å²) in [5.74, 6) is -1.35. The molecule has 0 aliphatic carbocycles. The number of aliphatic hydroxyl groups is 3. The van der Waals surface area contributed by atoms with Gasteiger partial charge < -0.3 is 25.2 Å². The molecular weight excluding hydrogens is 192 g/mol. The van der Waals surface area contributed by atoms with Crippen molar-refractivity contribution in [2.45, 2.75) is 43.9 Å². The van der Waals surface area contributed by atoms with Gasteiger partial charge in [0.25, 0.3) is 0 Å². The van der Waals surface area contributed by atoms with Crippen LogP contribution in [0.1, 0.15) is 13.3 Å². The van der Waals surface area contributed by atoms with Crippen LogP contribution in [-0.4, -0.2) is 56.9 Å². The summed E-state index contributed by atoms with van der Waals surface area (Å²) in [6.45, 7) is 1.69. The lowest BCUT2D eigenvalue weighted by atomic mass is 9.94. The second-order valence-electron chi connectivity index (χ2n) is 3.31. The van der Waals surface area contributed by atoms with Gasteiger partial charge in [0.2, 0.25) is 0 Å². The first kappa shape index (κ1) is 11.4. The number of hydrogen-bond donors (Lipinski definition) is 4. The molecule has 1 rings (SSSR count). The van der Waals surface area contributed by atoms with E-state index >= 15 is 0 Å². The summed E-state index contributed by atoms with van der Waals surface area (Å²) < 4.78 is 4.93. The van der Waals surface area contributed by atoms with Gasteiger partial charge in [-0.2, -0.15) is 0 Å². The van der Waals surface area contributed by atoms with Crippen molar-refractivity contribution in [3.05, 3.63) is 0 Å². The summed E-state index contributed by atoms with van der Waals surface area (Å²) in [5, 5.41) is 36.6. The molecule has 14 heavy (non-hydrogen) atoms. The monoisotopic (exact) mass is 206 g/mol. The number of hydrogen-bond acceptors (Lipinski definition) is 5. The second-order valence-corrected chi connectivity index (χ2v) is 3.31. The zero-order chi connectivity index (χ0) is 10.9. The number of carboxylic acids is 1. The minimum atomic E-state index is -1.59. The van der Waals surface area contributed by atoms with Crippen molar-refractivity contribution >= 4 is 5.97 Å². The van der Waals surface area contributed by atoms with E-state index in [-0.39, 0.29) is 0 Å². The van der Waals surface area contributed by atoms with Crippen molar-refractivity contribution in [2.24, 2.45) is 0 Å². The molecule has 1 aliphatic rings. The first-order valence-electron chi connectivity index (χ1n) is 4.41. The van der Waals surface area contributed by atoms with Gasteiger partial charge in [-0.25, -0.2) is 4.79 Å². The Morgan fingerprint density at radius 1 is 1.21 bits per heavy atom. The molecule has 0 aromatic heterocycles. The normalized spacial score (nSPS) is 43.6. The van der Waals surface area contributed by atoms with Gasteiger partial charge in [0.05, 0.1) is 6.10 Å². The lowest BCUT2D eigenvalue weighted by Crippen LogP contribution is -2.59. The molecule has 6 heteroatoms. The van der Waals surface area contributed by atoms with Crippen molar-refractivity contribution < 1.29 is 30.0 Å². The van der Waals surface area contributed by atoms with Gasteiger partial charge in [0.1, 0.15) is 18.3 Å². The minimum absolute atomic E-state index is 0.370. The van der Waals surface area contributed by atoms with E-state index in [9.17, 15) is 20.1 Å². The average Bonchev–Trinajstić information content (AvgIpc) is 2.14. The maximum atomic E-state index is 10.6. The number of aliphatic carboxylic acids is 1. The molecule has 0 radical (unpaired) electrons. The quantitative estimate of drug-likeness (QED) is 0.430. The molecule has 5 atom stereocenters. The molecule has 82 valence electrons. The number of rotatable bonds is 2. The smallest absolute Gasteiger partial charge is 0.335 e. The van der Waals surface area contributed by atoms with Gasteiger partial charge in [-0.1, -0.05) is 6.92 Å². The average molecular weight is 206 g/mol. The number of carboxylic acid groups (broad SMARTS) is 1. The summed E-state index contributed by atoms with van der Waals surface area (Å²) in [4.78, 5) is 10.6. The van der Waals surface area contributed by atoms with Gasteiger partial charge in [-0.15, -0.1) is 0 Å². The standard InChI is InChI=1S/C8H14O6/c1-2-3-4(9)5(10)6(11)7(14-3)8(12)13/h3-7,9-11H,2H2,1H3,(H,12,13). The van der Waals surface area contributed by atoms with E-state index in [1.54, 1.807) is 6.92 Å². The molecule has 0 aromatic carbocycles. The van der Waals surface area contributed by atoms with Gasteiger partial charge >= 0.3 is 5.97 Å². The van der Waals surface area contributed by atoms with E-state index in [2.05, 4.69) is 0 Å². The van der Waals surface area contributed by atoms with Crippen LogP contribution in [0.15, 0.2) is 0 Å². The lowest BCUT2D eigenvalue weighted by molar-refractivity contribution is -0.227. The third-order valence-electron chi connectivity index (χ3n) is 2.36. The van der Waals surface area contributed by atoms with Crippen LogP contribution in [0, 0.1) is 0 Å². The third kappa shape index (κ3) is 1.88. The Kier molecular flexibility index (Phi) is 3.43. The van der Waals surface area contributed by atoms with Crippen LogP contribution >= 0.6 is 0 Å². The Morgan fingerprint density at radius 3 is 2.21 bits per heavy atom. The lowest BCUT2D eigenvalue weighted by Gasteiger charge is -2.38. The van der Waals surface area contributed by atoms with Crippen LogP contribution in [0.5, 0.6) is 0 Å². The van der Waals surface area contributed by atoms with Gasteiger partial charge in [0, 0.05) is 0 Å². The Hall–Kier alpha value is -0.690. The largest absolute Gasteiger partial charge is 0.479 e. The van der Waals surface area contributed by atoms with Crippen molar-refractivity contribution in [2.75, 3.05) is 0 Å². The fourth-order valence-electron chi connectivity index (χ4n) is 1.49. The second kappa shape index (κ2) is 4.22. The van der Waals surface area contributed by atoms with E-state index in [0.717, 1.165) is 0 Å². The molecule has 6 nitrogen and oxygen atoms in total. The Bertz CT molecular complexity index is 216. The first-order chi connectivity index (χ1) is 6.49. The van der Waals surface area contributed by atoms with Crippen LogP contribution in [-0.2, 0) is 9.53 Å². The molecule has 1 heterocycles. The van der Waals surface area contributed by atoms with Crippen molar-refractivity contribution in [1.29, 1.82) is 0 Å². The Balaban J connectivity index is 2.78. The van der Waals surface area contributed by atoms with Crippen molar-refractivity contribution in [1.82, 2.24) is 0 Å².